The number of aromatic amines is 1. The zero-order valence-corrected chi connectivity index (χ0v) is 42.2. The van der Waals surface area contributed by atoms with E-state index < -0.39 is 0 Å². The Balaban J connectivity index is 0.000000137. The zero-order chi connectivity index (χ0) is 47.8. The second-order valence-electron chi connectivity index (χ2n) is 18.9. The molecule has 10 rings (SSSR count). The fourth-order valence-corrected chi connectivity index (χ4v) is 8.86. The number of H-pyrrole nitrogens is 1. The SMILES string of the molecule is CC(C)c1c[nH]c2ccccc12.CC(C)c1cn(C)c2ccccc12.CC(C)c1cn(C)c2ncccc12.CC(C)c1nn(C)c2ccccc12.COc1cccc2c(C(C)C)cn(C)c12. The van der Waals surface area contributed by atoms with Crippen molar-refractivity contribution in [3.05, 3.63) is 162 Å². The first-order valence-electron chi connectivity index (χ1n) is 23.6. The van der Waals surface area contributed by atoms with Gasteiger partial charge < -0.3 is 23.4 Å². The van der Waals surface area contributed by atoms with E-state index in [0.717, 1.165) is 11.4 Å². The molecule has 1 N–H and O–H groups in total. The highest BCUT2D eigenvalue weighted by atomic mass is 16.5. The molecule has 0 saturated heterocycles. The number of fused-ring (bicyclic) bond motifs is 5. The topological polar surface area (TPSA) is 70.5 Å². The number of hydrogen-bond acceptors (Lipinski definition) is 3. The van der Waals surface area contributed by atoms with E-state index in [1.165, 1.54) is 76.9 Å². The summed E-state index contributed by atoms with van der Waals surface area (Å²) in [5.41, 5.74) is 12.8. The lowest BCUT2D eigenvalue weighted by Gasteiger charge is -2.05. The Morgan fingerprint density at radius 2 is 0.985 bits per heavy atom. The first kappa shape index (κ1) is 48.9. The van der Waals surface area contributed by atoms with Crippen LogP contribution >= 0.6 is 0 Å². The first-order chi connectivity index (χ1) is 31.5. The Hall–Kier alpha value is -6.54. The number of aromatic nitrogens is 7. The average molecular weight is 884 g/mol. The first-order valence-corrected chi connectivity index (χ1v) is 23.6. The van der Waals surface area contributed by atoms with Crippen molar-refractivity contribution in [2.75, 3.05) is 7.11 Å². The van der Waals surface area contributed by atoms with Crippen molar-refractivity contribution in [2.45, 2.75) is 98.8 Å². The van der Waals surface area contributed by atoms with E-state index in [4.69, 9.17) is 4.74 Å². The summed E-state index contributed by atoms with van der Waals surface area (Å²) in [6, 6.07) is 35.7. The van der Waals surface area contributed by atoms with Gasteiger partial charge in [0.15, 0.2) is 0 Å². The number of para-hydroxylation sites is 4. The van der Waals surface area contributed by atoms with Crippen molar-refractivity contribution in [1.29, 1.82) is 0 Å². The van der Waals surface area contributed by atoms with Crippen molar-refractivity contribution in [2.24, 2.45) is 28.2 Å². The van der Waals surface area contributed by atoms with Gasteiger partial charge >= 0.3 is 0 Å². The summed E-state index contributed by atoms with van der Waals surface area (Å²) in [5.74, 6) is 3.74. The number of nitrogens with one attached hydrogen (secondary N) is 1. The third kappa shape index (κ3) is 10.8. The van der Waals surface area contributed by atoms with Gasteiger partial charge in [0.1, 0.15) is 11.4 Å². The van der Waals surface area contributed by atoms with Crippen LogP contribution in [0.15, 0.2) is 134 Å². The van der Waals surface area contributed by atoms with Gasteiger partial charge in [0.05, 0.1) is 23.8 Å². The maximum Gasteiger partial charge on any atom is 0.143 e. The van der Waals surface area contributed by atoms with Crippen molar-refractivity contribution < 1.29 is 4.74 Å². The maximum absolute atomic E-state index is 5.38. The van der Waals surface area contributed by atoms with Gasteiger partial charge in [-0.05, 0) is 88.2 Å². The van der Waals surface area contributed by atoms with Gasteiger partial charge in [0, 0.05) is 97.1 Å². The molecule has 0 amide bonds. The molecule has 0 bridgehead atoms. The van der Waals surface area contributed by atoms with Crippen LogP contribution in [-0.4, -0.2) is 40.6 Å². The third-order valence-corrected chi connectivity index (χ3v) is 12.4. The molecule has 0 atom stereocenters. The second-order valence-corrected chi connectivity index (χ2v) is 18.9. The number of benzene rings is 4. The largest absolute Gasteiger partial charge is 0.495 e. The Bertz CT molecular complexity index is 2930. The monoisotopic (exact) mass is 884 g/mol. The van der Waals surface area contributed by atoms with Gasteiger partial charge in [-0.15, -0.1) is 0 Å². The van der Waals surface area contributed by atoms with E-state index in [9.17, 15) is 0 Å². The highest BCUT2D eigenvalue weighted by Crippen LogP contribution is 2.33. The molecule has 0 saturated carbocycles. The fraction of sp³-hybridized carbons (Fsp3) is 0.345. The Morgan fingerprint density at radius 3 is 1.62 bits per heavy atom. The van der Waals surface area contributed by atoms with Gasteiger partial charge in [0.25, 0.3) is 0 Å². The van der Waals surface area contributed by atoms with Crippen LogP contribution in [0.2, 0.25) is 0 Å². The molecular weight excluding hydrogens is 811 g/mol. The molecule has 0 radical (unpaired) electrons. The molecule has 0 fully saturated rings. The molecule has 0 aliphatic carbocycles. The van der Waals surface area contributed by atoms with Crippen LogP contribution < -0.4 is 4.74 Å². The van der Waals surface area contributed by atoms with Crippen LogP contribution in [0, 0.1) is 0 Å². The van der Waals surface area contributed by atoms with E-state index in [-0.39, 0.29) is 0 Å². The highest BCUT2D eigenvalue weighted by Gasteiger charge is 2.14. The van der Waals surface area contributed by atoms with E-state index in [1.54, 1.807) is 7.11 Å². The summed E-state index contributed by atoms with van der Waals surface area (Å²) in [5, 5.41) is 11.1. The van der Waals surface area contributed by atoms with Crippen molar-refractivity contribution in [1.82, 2.24) is 33.4 Å². The molecule has 0 unspecified atom stereocenters. The van der Waals surface area contributed by atoms with Crippen molar-refractivity contribution >= 4 is 54.6 Å². The minimum Gasteiger partial charge on any atom is -0.495 e. The minimum atomic E-state index is 0.492. The van der Waals surface area contributed by atoms with Crippen LogP contribution in [0.5, 0.6) is 5.75 Å². The lowest BCUT2D eigenvalue weighted by atomic mass is 10.0. The predicted molar refractivity (Wildman–Crippen MR) is 283 cm³/mol. The molecule has 0 aliphatic rings. The summed E-state index contributed by atoms with van der Waals surface area (Å²) >= 11 is 0. The normalized spacial score (nSPS) is 11.3. The smallest absolute Gasteiger partial charge is 0.143 e. The lowest BCUT2D eigenvalue weighted by Crippen LogP contribution is -1.92. The number of aryl methyl sites for hydroxylation is 4. The Kier molecular flexibility index (Phi) is 16.0. The standard InChI is InChI=1S/C13H17NO.C12H15N.2C11H14N2.C11H13N/c1-9(2)11-8-14(3)13-10(11)6-5-7-12(13)15-4;1-9(2)11-8-13(3)12-7-5-4-6-10(11)12;1-8(2)10-7-13(3)11-9(10)5-4-6-12-11;1-8(2)11-9-6-4-5-7-10(9)13(3)12-11;1-8(2)10-7-12-11-6-4-3-5-9(10)11/h5-9H,1-4H3;4-9H,1-3H3;2*4-8H,1-3H3;3-8,12H,1-2H3. The minimum absolute atomic E-state index is 0.492. The Morgan fingerprint density at radius 1 is 0.470 bits per heavy atom. The summed E-state index contributed by atoms with van der Waals surface area (Å²) in [6.45, 7) is 22.1. The average Bonchev–Trinajstić information content (AvgIpc) is 4.13. The zero-order valence-electron chi connectivity index (χ0n) is 42.2. The highest BCUT2D eigenvalue weighted by molar-refractivity contribution is 5.90. The van der Waals surface area contributed by atoms with Crippen LogP contribution in [0.1, 0.15) is 127 Å². The van der Waals surface area contributed by atoms with Gasteiger partial charge in [0.2, 0.25) is 0 Å². The van der Waals surface area contributed by atoms with Gasteiger partial charge in [-0.25, -0.2) is 4.98 Å². The third-order valence-electron chi connectivity index (χ3n) is 12.4. The van der Waals surface area contributed by atoms with Gasteiger partial charge in [-0.1, -0.05) is 136 Å². The van der Waals surface area contributed by atoms with Crippen LogP contribution in [-0.2, 0) is 28.2 Å². The summed E-state index contributed by atoms with van der Waals surface area (Å²) in [6.07, 6.45) is 10.5. The summed E-state index contributed by atoms with van der Waals surface area (Å²) in [4.78, 5) is 7.62. The molecule has 8 nitrogen and oxygen atoms in total. The van der Waals surface area contributed by atoms with E-state index in [2.05, 4.69) is 216 Å². The number of ether oxygens (including phenoxy) is 1. The number of methoxy groups -OCH3 is 1. The van der Waals surface area contributed by atoms with E-state index in [0.29, 0.717) is 29.6 Å². The number of pyridine rings is 1. The molecule has 0 aliphatic heterocycles. The molecule has 4 aromatic carbocycles. The molecule has 66 heavy (non-hydrogen) atoms. The van der Waals surface area contributed by atoms with Crippen LogP contribution in [0.25, 0.3) is 54.6 Å². The van der Waals surface area contributed by atoms with Crippen LogP contribution in [0.4, 0.5) is 0 Å². The quantitative estimate of drug-likeness (QED) is 0.181. The summed E-state index contributed by atoms with van der Waals surface area (Å²) < 4.78 is 13.8. The molecule has 6 aromatic heterocycles. The van der Waals surface area contributed by atoms with E-state index >= 15 is 0 Å². The van der Waals surface area contributed by atoms with Crippen LogP contribution in [0.3, 0.4) is 0 Å². The van der Waals surface area contributed by atoms with Crippen molar-refractivity contribution in [3.8, 4) is 5.75 Å². The number of rotatable bonds is 6. The summed E-state index contributed by atoms with van der Waals surface area (Å²) in [7, 11) is 9.93. The number of hydrogen-bond donors (Lipinski definition) is 1. The molecule has 10 aromatic rings. The van der Waals surface area contributed by atoms with Gasteiger partial charge in [-0.2, -0.15) is 5.10 Å². The number of nitrogens with zero attached hydrogens (tertiary/aromatic N) is 6. The molecule has 6 heterocycles. The molecule has 0 spiro atoms. The molecule has 346 valence electrons. The molecule has 8 heteroatoms. The molecular formula is C58H73N7O. The van der Waals surface area contributed by atoms with Gasteiger partial charge in [-0.3, -0.25) is 4.68 Å². The maximum atomic E-state index is 5.38. The predicted octanol–water partition coefficient (Wildman–Crippen LogP) is 15.3. The Labute approximate surface area is 393 Å². The van der Waals surface area contributed by atoms with E-state index in [1.807, 2.05) is 49.2 Å². The fourth-order valence-electron chi connectivity index (χ4n) is 8.86. The second kappa shape index (κ2) is 21.6. The lowest BCUT2D eigenvalue weighted by molar-refractivity contribution is 0.418. The van der Waals surface area contributed by atoms with Crippen molar-refractivity contribution in [3.63, 3.8) is 0 Å².